The summed E-state index contributed by atoms with van der Waals surface area (Å²) in [5.74, 6) is -0.0168. The smallest absolute Gasteiger partial charge is 0.321 e. The quantitative estimate of drug-likeness (QED) is 0.912. The Labute approximate surface area is 111 Å². The van der Waals surface area contributed by atoms with E-state index in [-0.39, 0.29) is 11.7 Å². The normalized spacial score (nSPS) is 16.4. The van der Waals surface area contributed by atoms with Gasteiger partial charge in [0.1, 0.15) is 0 Å². The Balaban J connectivity index is 1.87. The average Bonchev–Trinajstić information content (AvgIpc) is 2.42. The monoisotopic (exact) mass is 267 g/mol. The van der Waals surface area contributed by atoms with Gasteiger partial charge in [-0.25, -0.2) is 9.18 Å². The molecule has 2 heterocycles. The number of nitrogens with zero attached hydrogens (tertiary/aromatic N) is 2. The molecule has 0 spiro atoms. The molecule has 1 aliphatic rings. The number of carbonyl (C=O) groups excluding carboxylic acids is 1. The van der Waals surface area contributed by atoms with Gasteiger partial charge in [-0.2, -0.15) is 0 Å². The van der Waals surface area contributed by atoms with Crippen molar-refractivity contribution in [3.63, 3.8) is 0 Å². The first-order valence-electron chi connectivity index (χ1n) is 6.35. The summed E-state index contributed by atoms with van der Waals surface area (Å²) in [6, 6.07) is 1.19. The molecule has 1 N–H and O–H groups in total. The Hall–Kier alpha value is -1.69. The molecule has 6 heteroatoms. The van der Waals surface area contributed by atoms with E-state index in [2.05, 4.69) is 10.3 Å². The predicted molar refractivity (Wildman–Crippen MR) is 69.4 cm³/mol. The SMILES string of the molecule is COCC1CCN(C(=O)Nc2ccncc2F)CC1. The number of piperidine rings is 1. The molecule has 1 fully saturated rings. The van der Waals surface area contributed by atoms with Crippen LogP contribution in [0, 0.1) is 11.7 Å². The van der Waals surface area contributed by atoms with Crippen LogP contribution in [0.5, 0.6) is 0 Å². The minimum atomic E-state index is -0.523. The summed E-state index contributed by atoms with van der Waals surface area (Å²) in [5.41, 5.74) is 0.166. The summed E-state index contributed by atoms with van der Waals surface area (Å²) in [7, 11) is 1.69. The van der Waals surface area contributed by atoms with E-state index in [0.717, 1.165) is 25.6 Å². The minimum Gasteiger partial charge on any atom is -0.384 e. The predicted octanol–water partition coefficient (Wildman–Crippen LogP) is 2.11. The molecule has 5 nitrogen and oxygen atoms in total. The number of hydrogen-bond donors (Lipinski definition) is 1. The number of aromatic nitrogens is 1. The minimum absolute atomic E-state index is 0.166. The second kappa shape index (κ2) is 6.47. The summed E-state index contributed by atoms with van der Waals surface area (Å²) in [5, 5.41) is 2.57. The number of halogens is 1. The lowest BCUT2D eigenvalue weighted by Gasteiger charge is -2.31. The lowest BCUT2D eigenvalue weighted by atomic mass is 9.98. The first kappa shape index (κ1) is 13.7. The maximum absolute atomic E-state index is 13.4. The molecule has 1 aromatic heterocycles. The number of pyridine rings is 1. The molecule has 2 amide bonds. The van der Waals surface area contributed by atoms with Gasteiger partial charge in [-0.05, 0) is 24.8 Å². The zero-order valence-electron chi connectivity index (χ0n) is 10.9. The summed E-state index contributed by atoms with van der Waals surface area (Å²) >= 11 is 0. The Morgan fingerprint density at radius 2 is 2.32 bits per heavy atom. The number of methoxy groups -OCH3 is 1. The second-order valence-corrected chi connectivity index (χ2v) is 4.67. The number of rotatable bonds is 3. The van der Waals surface area contributed by atoms with Crippen LogP contribution < -0.4 is 5.32 Å². The van der Waals surface area contributed by atoms with Gasteiger partial charge < -0.3 is 15.0 Å². The van der Waals surface area contributed by atoms with Gasteiger partial charge in [-0.15, -0.1) is 0 Å². The van der Waals surface area contributed by atoms with E-state index in [1.165, 1.54) is 12.3 Å². The molecule has 0 unspecified atom stereocenters. The zero-order chi connectivity index (χ0) is 13.7. The topological polar surface area (TPSA) is 54.5 Å². The summed E-state index contributed by atoms with van der Waals surface area (Å²) in [6.45, 7) is 2.08. The number of urea groups is 1. The highest BCUT2D eigenvalue weighted by atomic mass is 19.1. The number of carbonyl (C=O) groups is 1. The fraction of sp³-hybridized carbons (Fsp3) is 0.538. The van der Waals surface area contributed by atoms with E-state index in [9.17, 15) is 9.18 Å². The highest BCUT2D eigenvalue weighted by molar-refractivity contribution is 5.89. The van der Waals surface area contributed by atoms with Crippen molar-refractivity contribution in [3.8, 4) is 0 Å². The third-order valence-corrected chi connectivity index (χ3v) is 3.32. The molecule has 2 rings (SSSR count). The molecule has 0 aliphatic carbocycles. The molecule has 1 saturated heterocycles. The van der Waals surface area contributed by atoms with Gasteiger partial charge in [-0.1, -0.05) is 0 Å². The lowest BCUT2D eigenvalue weighted by Crippen LogP contribution is -2.41. The number of nitrogens with one attached hydrogen (secondary N) is 1. The summed E-state index contributed by atoms with van der Waals surface area (Å²) in [6.07, 6.45) is 4.37. The van der Waals surface area contributed by atoms with Gasteiger partial charge in [0.2, 0.25) is 0 Å². The van der Waals surface area contributed by atoms with E-state index in [4.69, 9.17) is 4.74 Å². The molecule has 0 bridgehead atoms. The Bertz CT molecular complexity index is 434. The van der Waals surface area contributed by atoms with Crippen LogP contribution >= 0.6 is 0 Å². The first-order valence-corrected chi connectivity index (χ1v) is 6.35. The third kappa shape index (κ3) is 3.64. The van der Waals surface area contributed by atoms with Crippen LogP contribution in [0.25, 0.3) is 0 Å². The fourth-order valence-corrected chi connectivity index (χ4v) is 2.21. The van der Waals surface area contributed by atoms with Crippen LogP contribution in [0.2, 0.25) is 0 Å². The van der Waals surface area contributed by atoms with Crippen molar-refractivity contribution in [3.05, 3.63) is 24.3 Å². The van der Waals surface area contributed by atoms with Crippen LogP contribution in [0.1, 0.15) is 12.8 Å². The standard InChI is InChI=1S/C13H18FN3O2/c1-19-9-10-3-6-17(7-4-10)13(18)16-12-2-5-15-8-11(12)14/h2,5,8,10H,3-4,6-7,9H2,1H3,(H,15,16,18). The van der Waals surface area contributed by atoms with Crippen LogP contribution in [0.3, 0.4) is 0 Å². The van der Waals surface area contributed by atoms with E-state index in [1.54, 1.807) is 12.0 Å². The largest absolute Gasteiger partial charge is 0.384 e. The first-order chi connectivity index (χ1) is 9.20. The molecule has 0 radical (unpaired) electrons. The van der Waals surface area contributed by atoms with Gasteiger partial charge in [0.05, 0.1) is 11.9 Å². The molecule has 0 atom stereocenters. The van der Waals surface area contributed by atoms with Crippen molar-refractivity contribution < 1.29 is 13.9 Å². The molecule has 104 valence electrons. The third-order valence-electron chi connectivity index (χ3n) is 3.32. The number of anilines is 1. The van der Waals surface area contributed by atoms with Crippen molar-refractivity contribution in [2.45, 2.75) is 12.8 Å². The van der Waals surface area contributed by atoms with Crippen molar-refractivity contribution >= 4 is 11.7 Å². The Morgan fingerprint density at radius 3 is 2.95 bits per heavy atom. The van der Waals surface area contributed by atoms with Gasteiger partial charge in [0, 0.05) is 33.0 Å². The molecule has 0 saturated carbocycles. The van der Waals surface area contributed by atoms with Gasteiger partial charge in [0.15, 0.2) is 5.82 Å². The zero-order valence-corrected chi connectivity index (χ0v) is 10.9. The number of ether oxygens (including phenoxy) is 1. The van der Waals surface area contributed by atoms with Gasteiger partial charge in [-0.3, -0.25) is 4.98 Å². The average molecular weight is 267 g/mol. The lowest BCUT2D eigenvalue weighted by molar-refractivity contribution is 0.110. The maximum atomic E-state index is 13.4. The van der Waals surface area contributed by atoms with Crippen molar-refractivity contribution in [2.24, 2.45) is 5.92 Å². The Morgan fingerprint density at radius 1 is 1.58 bits per heavy atom. The van der Waals surface area contributed by atoms with E-state index in [0.29, 0.717) is 19.0 Å². The fourth-order valence-electron chi connectivity index (χ4n) is 2.21. The van der Waals surface area contributed by atoms with E-state index < -0.39 is 5.82 Å². The number of likely N-dealkylation sites (tertiary alicyclic amines) is 1. The molecular formula is C13H18FN3O2. The van der Waals surface area contributed by atoms with Crippen molar-refractivity contribution in [2.75, 3.05) is 32.1 Å². The van der Waals surface area contributed by atoms with Crippen LogP contribution in [-0.4, -0.2) is 42.7 Å². The van der Waals surface area contributed by atoms with Crippen molar-refractivity contribution in [1.29, 1.82) is 0 Å². The molecule has 1 aromatic rings. The number of hydrogen-bond acceptors (Lipinski definition) is 3. The molecule has 0 aromatic carbocycles. The van der Waals surface area contributed by atoms with Crippen LogP contribution in [-0.2, 0) is 4.74 Å². The highest BCUT2D eigenvalue weighted by Gasteiger charge is 2.23. The Kier molecular flexibility index (Phi) is 4.68. The van der Waals surface area contributed by atoms with Crippen LogP contribution in [0.15, 0.2) is 18.5 Å². The summed E-state index contributed by atoms with van der Waals surface area (Å²) in [4.78, 5) is 17.3. The number of amides is 2. The van der Waals surface area contributed by atoms with Crippen molar-refractivity contribution in [1.82, 2.24) is 9.88 Å². The molecule has 1 aliphatic heterocycles. The van der Waals surface area contributed by atoms with Gasteiger partial charge in [0.25, 0.3) is 0 Å². The van der Waals surface area contributed by atoms with E-state index >= 15 is 0 Å². The highest BCUT2D eigenvalue weighted by Crippen LogP contribution is 2.19. The second-order valence-electron chi connectivity index (χ2n) is 4.67. The van der Waals surface area contributed by atoms with Gasteiger partial charge >= 0.3 is 6.03 Å². The molecular weight excluding hydrogens is 249 g/mol. The maximum Gasteiger partial charge on any atom is 0.321 e. The van der Waals surface area contributed by atoms with Crippen LogP contribution in [0.4, 0.5) is 14.9 Å². The molecule has 19 heavy (non-hydrogen) atoms. The van der Waals surface area contributed by atoms with E-state index in [1.807, 2.05) is 0 Å². The summed E-state index contributed by atoms with van der Waals surface area (Å²) < 4.78 is 18.5.